The Labute approximate surface area is 313 Å². The first-order valence-corrected chi connectivity index (χ1v) is 17.5. The quantitative estimate of drug-likeness (QED) is 0.101. The summed E-state index contributed by atoms with van der Waals surface area (Å²) in [5.74, 6) is -1.21. The molecule has 2 aliphatic heterocycles. The van der Waals surface area contributed by atoms with Crippen LogP contribution >= 0.6 is 23.2 Å². The molecule has 0 fully saturated rings. The molecule has 7 nitrogen and oxygen atoms in total. The summed E-state index contributed by atoms with van der Waals surface area (Å²) in [6.45, 7) is 2.53. The molecule has 1 spiro atoms. The molecule has 2 aliphatic rings. The SMILES string of the molecule is CC(=O)Oc1cc2c(cc1Cl)C1(OC(=O)c3cc4c(-c5ccccc5)c5ccccc5c(-c5ccccc5)c4cc31)c1cc(Cl)c(OC(C)=O)cc1O2. The van der Waals surface area contributed by atoms with Gasteiger partial charge in [0.2, 0.25) is 0 Å². The van der Waals surface area contributed by atoms with Crippen molar-refractivity contribution < 1.29 is 33.3 Å². The highest BCUT2D eigenvalue weighted by Crippen LogP contribution is 2.60. The van der Waals surface area contributed by atoms with Gasteiger partial charge in [-0.2, -0.15) is 0 Å². The molecule has 53 heavy (non-hydrogen) atoms. The molecule has 0 saturated carbocycles. The highest BCUT2D eigenvalue weighted by Gasteiger charge is 2.54. The minimum atomic E-state index is -1.63. The van der Waals surface area contributed by atoms with Crippen molar-refractivity contribution in [1.29, 1.82) is 0 Å². The second-order valence-corrected chi connectivity index (χ2v) is 13.7. The molecule has 0 N–H and O–H groups in total. The van der Waals surface area contributed by atoms with E-state index in [1.54, 1.807) is 12.1 Å². The summed E-state index contributed by atoms with van der Waals surface area (Å²) < 4.78 is 23.8. The number of fused-ring (bicyclic) bond motifs is 8. The number of halogens is 2. The second kappa shape index (κ2) is 12.2. The fourth-order valence-corrected chi connectivity index (χ4v) is 8.09. The van der Waals surface area contributed by atoms with Crippen molar-refractivity contribution in [3.05, 3.63) is 154 Å². The number of esters is 3. The molecule has 0 radical (unpaired) electrons. The van der Waals surface area contributed by atoms with Crippen LogP contribution in [-0.4, -0.2) is 17.9 Å². The molecule has 7 aromatic rings. The van der Waals surface area contributed by atoms with Crippen LogP contribution in [0, 0.1) is 0 Å². The summed E-state index contributed by atoms with van der Waals surface area (Å²) in [6, 6.07) is 38.5. The summed E-state index contributed by atoms with van der Waals surface area (Å²) in [4.78, 5) is 38.4. The van der Waals surface area contributed by atoms with Crippen LogP contribution in [0.2, 0.25) is 10.0 Å². The third kappa shape index (κ3) is 5.07. The van der Waals surface area contributed by atoms with E-state index in [0.29, 0.717) is 22.3 Å². The van der Waals surface area contributed by atoms with E-state index in [4.69, 9.17) is 42.1 Å². The first-order chi connectivity index (χ1) is 25.6. The zero-order valence-corrected chi connectivity index (χ0v) is 29.7. The molecule has 2 heterocycles. The van der Waals surface area contributed by atoms with Crippen LogP contribution in [0.15, 0.2) is 121 Å². The molecule has 0 bridgehead atoms. The Bertz CT molecular complexity index is 2650. The summed E-state index contributed by atoms with van der Waals surface area (Å²) in [5.41, 5.74) is 3.94. The van der Waals surface area contributed by atoms with Crippen molar-refractivity contribution in [3.8, 4) is 45.3 Å². The van der Waals surface area contributed by atoms with Crippen molar-refractivity contribution in [1.82, 2.24) is 0 Å². The van der Waals surface area contributed by atoms with Crippen LogP contribution in [0.5, 0.6) is 23.0 Å². The molecule has 7 aromatic carbocycles. The normalized spacial score (nSPS) is 13.5. The van der Waals surface area contributed by atoms with Gasteiger partial charge in [0.1, 0.15) is 11.5 Å². The molecule has 258 valence electrons. The lowest BCUT2D eigenvalue weighted by Gasteiger charge is -2.37. The predicted octanol–water partition coefficient (Wildman–Crippen LogP) is 11.1. The van der Waals surface area contributed by atoms with E-state index in [-0.39, 0.29) is 33.0 Å². The van der Waals surface area contributed by atoms with Crippen molar-refractivity contribution >= 4 is 62.7 Å². The zero-order valence-electron chi connectivity index (χ0n) is 28.2. The number of carbonyl (C=O) groups excluding carboxylic acids is 3. The van der Waals surface area contributed by atoms with Gasteiger partial charge in [0, 0.05) is 42.7 Å². The van der Waals surface area contributed by atoms with Gasteiger partial charge in [0.05, 0.1) is 15.6 Å². The topological polar surface area (TPSA) is 88.1 Å². The van der Waals surface area contributed by atoms with Gasteiger partial charge in [-0.05, 0) is 68.1 Å². The summed E-state index contributed by atoms with van der Waals surface area (Å²) in [5, 5.41) is 3.99. The van der Waals surface area contributed by atoms with E-state index in [9.17, 15) is 14.4 Å². The van der Waals surface area contributed by atoms with Gasteiger partial charge in [-0.3, -0.25) is 9.59 Å². The first-order valence-electron chi connectivity index (χ1n) is 16.7. The maximum atomic E-state index is 14.4. The van der Waals surface area contributed by atoms with Gasteiger partial charge >= 0.3 is 17.9 Å². The first kappa shape index (κ1) is 32.7. The Balaban J connectivity index is 1.43. The van der Waals surface area contributed by atoms with E-state index in [1.165, 1.54) is 26.0 Å². The maximum Gasteiger partial charge on any atom is 0.340 e. The molecule has 9 heteroatoms. The molecular formula is C44H26Cl2O7. The Kier molecular flexibility index (Phi) is 7.55. The number of benzene rings is 7. The van der Waals surface area contributed by atoms with Crippen LogP contribution in [0.3, 0.4) is 0 Å². The largest absolute Gasteiger partial charge is 0.456 e. The van der Waals surface area contributed by atoms with Crippen LogP contribution in [0.4, 0.5) is 0 Å². The third-order valence-corrected chi connectivity index (χ3v) is 10.3. The van der Waals surface area contributed by atoms with Gasteiger partial charge in [0.25, 0.3) is 0 Å². The fourth-order valence-electron chi connectivity index (χ4n) is 7.68. The number of rotatable bonds is 4. The molecule has 0 unspecified atom stereocenters. The smallest absolute Gasteiger partial charge is 0.340 e. The average molecular weight is 738 g/mol. The summed E-state index contributed by atoms with van der Waals surface area (Å²) in [6.07, 6.45) is 0. The van der Waals surface area contributed by atoms with Gasteiger partial charge < -0.3 is 18.9 Å². The minimum absolute atomic E-state index is 0.0547. The highest BCUT2D eigenvalue weighted by molar-refractivity contribution is 6.33. The molecule has 0 aliphatic carbocycles. The van der Waals surface area contributed by atoms with E-state index in [2.05, 4.69) is 36.4 Å². The molecule has 9 rings (SSSR count). The Morgan fingerprint density at radius 3 is 1.49 bits per heavy atom. The highest BCUT2D eigenvalue weighted by atomic mass is 35.5. The van der Waals surface area contributed by atoms with Crippen LogP contribution in [0.1, 0.15) is 40.9 Å². The van der Waals surface area contributed by atoms with E-state index < -0.39 is 23.5 Å². The van der Waals surface area contributed by atoms with E-state index in [0.717, 1.165) is 43.8 Å². The molecule has 0 atom stereocenters. The monoisotopic (exact) mass is 736 g/mol. The number of hydrogen-bond acceptors (Lipinski definition) is 7. The maximum absolute atomic E-state index is 14.4. The Morgan fingerprint density at radius 2 is 1.02 bits per heavy atom. The second-order valence-electron chi connectivity index (χ2n) is 12.9. The van der Waals surface area contributed by atoms with Gasteiger partial charge in [0.15, 0.2) is 17.1 Å². The lowest BCUT2D eigenvalue weighted by molar-refractivity contribution is -0.132. The molecular weight excluding hydrogens is 711 g/mol. The minimum Gasteiger partial charge on any atom is -0.456 e. The summed E-state index contributed by atoms with van der Waals surface area (Å²) >= 11 is 13.5. The van der Waals surface area contributed by atoms with E-state index >= 15 is 0 Å². The summed E-state index contributed by atoms with van der Waals surface area (Å²) in [7, 11) is 0. The Hall–Kier alpha value is -6.15. The van der Waals surface area contributed by atoms with E-state index in [1.807, 2.05) is 60.7 Å². The van der Waals surface area contributed by atoms with Crippen molar-refractivity contribution in [2.24, 2.45) is 0 Å². The van der Waals surface area contributed by atoms with Crippen LogP contribution < -0.4 is 14.2 Å². The van der Waals surface area contributed by atoms with Gasteiger partial charge in [-0.15, -0.1) is 0 Å². The van der Waals surface area contributed by atoms with Crippen molar-refractivity contribution in [3.63, 3.8) is 0 Å². The Morgan fingerprint density at radius 1 is 0.566 bits per heavy atom. The predicted molar refractivity (Wildman–Crippen MR) is 203 cm³/mol. The fraction of sp³-hybridized carbons (Fsp3) is 0.0682. The molecule has 0 aromatic heterocycles. The molecule has 0 amide bonds. The number of carbonyl (C=O) groups is 3. The average Bonchev–Trinajstić information content (AvgIpc) is 3.42. The number of hydrogen-bond donors (Lipinski definition) is 0. The number of ether oxygens (including phenoxy) is 4. The van der Waals surface area contributed by atoms with Crippen LogP contribution in [-0.2, 0) is 19.9 Å². The third-order valence-electron chi connectivity index (χ3n) is 9.69. The zero-order chi connectivity index (χ0) is 36.6. The van der Waals surface area contributed by atoms with Crippen LogP contribution in [0.25, 0.3) is 43.8 Å². The lowest BCUT2D eigenvalue weighted by atomic mass is 9.75. The standard InChI is InChI=1S/C44H26Cl2O7/c1-23(47)50-39-21-37-33(19-35(39)45)44(34-20-36(46)40(51-24(2)48)22-38(34)52-37)32-18-30-29(17-31(32)43(49)53-44)41(25-11-5-3-6-12-25)27-15-9-10-16-28(27)42(30)26-13-7-4-8-14-26/h3-22H,1-2H3. The van der Waals surface area contributed by atoms with Crippen molar-refractivity contribution in [2.45, 2.75) is 19.4 Å². The molecule has 0 saturated heterocycles. The van der Waals surface area contributed by atoms with Crippen molar-refractivity contribution in [2.75, 3.05) is 0 Å². The lowest BCUT2D eigenvalue weighted by Crippen LogP contribution is -2.33. The van der Waals surface area contributed by atoms with Gasteiger partial charge in [-0.25, -0.2) is 4.79 Å². The van der Waals surface area contributed by atoms with Gasteiger partial charge in [-0.1, -0.05) is 108 Å².